The number of hydrogen-bond acceptors (Lipinski definition) is 5. The zero-order valence-corrected chi connectivity index (χ0v) is 10.8. The molecule has 0 aromatic carbocycles. The van der Waals surface area contributed by atoms with Crippen LogP contribution in [0.4, 0.5) is 5.82 Å². The highest BCUT2D eigenvalue weighted by molar-refractivity contribution is 7.89. The Labute approximate surface area is 102 Å². The van der Waals surface area contributed by atoms with Crippen molar-refractivity contribution in [3.63, 3.8) is 0 Å². The van der Waals surface area contributed by atoms with E-state index in [0.717, 1.165) is 12.8 Å². The first kappa shape index (κ1) is 13.9. The van der Waals surface area contributed by atoms with Crippen molar-refractivity contribution in [3.05, 3.63) is 18.3 Å². The van der Waals surface area contributed by atoms with E-state index in [2.05, 4.69) is 15.1 Å². The molecule has 1 unspecified atom stereocenters. The monoisotopic (exact) mass is 258 g/mol. The zero-order chi connectivity index (χ0) is 12.9. The lowest BCUT2D eigenvalue weighted by Crippen LogP contribution is -2.33. The van der Waals surface area contributed by atoms with Crippen molar-refractivity contribution in [2.75, 3.05) is 5.43 Å². The van der Waals surface area contributed by atoms with Crippen LogP contribution in [-0.2, 0) is 10.0 Å². The van der Waals surface area contributed by atoms with Gasteiger partial charge in [-0.1, -0.05) is 13.3 Å². The Morgan fingerprint density at radius 3 is 2.82 bits per heavy atom. The molecule has 6 nitrogen and oxygen atoms in total. The predicted octanol–water partition coefficient (Wildman–Crippen LogP) is 0.834. The van der Waals surface area contributed by atoms with Gasteiger partial charge < -0.3 is 5.43 Å². The summed E-state index contributed by atoms with van der Waals surface area (Å²) in [6.45, 7) is 3.83. The van der Waals surface area contributed by atoms with E-state index in [1.165, 1.54) is 12.3 Å². The highest BCUT2D eigenvalue weighted by Crippen LogP contribution is 2.17. The molecule has 1 aromatic rings. The first-order valence-corrected chi connectivity index (χ1v) is 6.93. The van der Waals surface area contributed by atoms with Crippen LogP contribution in [0.3, 0.4) is 0 Å². The quantitative estimate of drug-likeness (QED) is 0.519. The molecule has 0 aliphatic heterocycles. The first-order valence-electron chi connectivity index (χ1n) is 5.45. The van der Waals surface area contributed by atoms with Gasteiger partial charge in [0, 0.05) is 12.2 Å². The molecular weight excluding hydrogens is 240 g/mol. The summed E-state index contributed by atoms with van der Waals surface area (Å²) in [6, 6.07) is 2.90. The molecule has 1 heterocycles. The van der Waals surface area contributed by atoms with E-state index in [-0.39, 0.29) is 16.8 Å². The van der Waals surface area contributed by atoms with E-state index < -0.39 is 10.0 Å². The van der Waals surface area contributed by atoms with Gasteiger partial charge in [0.2, 0.25) is 10.0 Å². The second-order valence-electron chi connectivity index (χ2n) is 3.81. The van der Waals surface area contributed by atoms with Crippen LogP contribution in [0, 0.1) is 0 Å². The minimum absolute atomic E-state index is 0.0606. The Morgan fingerprint density at radius 2 is 2.24 bits per heavy atom. The number of pyridine rings is 1. The van der Waals surface area contributed by atoms with Crippen molar-refractivity contribution < 1.29 is 8.42 Å². The molecule has 1 aromatic heterocycles. The smallest absolute Gasteiger partial charge is 0.244 e. The van der Waals surface area contributed by atoms with Gasteiger partial charge in [0.25, 0.3) is 0 Å². The van der Waals surface area contributed by atoms with E-state index in [1.807, 2.05) is 13.8 Å². The molecule has 0 radical (unpaired) electrons. The molecule has 1 rings (SSSR count). The number of aromatic nitrogens is 1. The zero-order valence-electron chi connectivity index (χ0n) is 9.97. The largest absolute Gasteiger partial charge is 0.307 e. The van der Waals surface area contributed by atoms with E-state index in [9.17, 15) is 8.42 Å². The molecule has 0 bridgehead atoms. The molecule has 0 amide bonds. The maximum absolute atomic E-state index is 12.1. The maximum atomic E-state index is 12.1. The fourth-order valence-electron chi connectivity index (χ4n) is 1.54. The third-order valence-electron chi connectivity index (χ3n) is 2.27. The van der Waals surface area contributed by atoms with Crippen LogP contribution < -0.4 is 16.0 Å². The highest BCUT2D eigenvalue weighted by Gasteiger charge is 2.20. The number of hydrazine groups is 1. The van der Waals surface area contributed by atoms with Gasteiger partial charge in [-0.3, -0.25) is 0 Å². The standard InChI is InChI=1S/C10H18N4O2S/c1-3-5-8(2)14-17(15,16)9-6-4-7-12-10(9)13-11/h4,6-8,14H,3,5,11H2,1-2H3,(H,12,13). The summed E-state index contributed by atoms with van der Waals surface area (Å²) in [5.41, 5.74) is 2.28. The topological polar surface area (TPSA) is 97.1 Å². The van der Waals surface area contributed by atoms with Gasteiger partial charge in [-0.05, 0) is 25.5 Å². The van der Waals surface area contributed by atoms with E-state index in [4.69, 9.17) is 5.84 Å². The van der Waals surface area contributed by atoms with Crippen LogP contribution in [0.2, 0.25) is 0 Å². The summed E-state index contributed by atoms with van der Waals surface area (Å²) in [4.78, 5) is 3.92. The van der Waals surface area contributed by atoms with Gasteiger partial charge in [0.1, 0.15) is 4.90 Å². The van der Waals surface area contributed by atoms with Crippen LogP contribution in [0.25, 0.3) is 0 Å². The maximum Gasteiger partial charge on any atom is 0.244 e. The fourth-order valence-corrected chi connectivity index (χ4v) is 2.93. The Bertz CT molecular complexity index is 461. The van der Waals surface area contributed by atoms with Crippen LogP contribution in [-0.4, -0.2) is 19.4 Å². The lowest BCUT2D eigenvalue weighted by atomic mass is 10.2. The van der Waals surface area contributed by atoms with Crippen molar-refractivity contribution >= 4 is 15.8 Å². The minimum Gasteiger partial charge on any atom is -0.307 e. The number of anilines is 1. The van der Waals surface area contributed by atoms with E-state index >= 15 is 0 Å². The summed E-state index contributed by atoms with van der Waals surface area (Å²) >= 11 is 0. The summed E-state index contributed by atoms with van der Waals surface area (Å²) < 4.78 is 26.7. The molecule has 0 saturated carbocycles. The predicted molar refractivity (Wildman–Crippen MR) is 66.7 cm³/mol. The molecule has 96 valence electrons. The molecule has 0 fully saturated rings. The third kappa shape index (κ3) is 3.65. The highest BCUT2D eigenvalue weighted by atomic mass is 32.2. The van der Waals surface area contributed by atoms with Crippen molar-refractivity contribution in [2.24, 2.45) is 5.84 Å². The summed E-state index contributed by atoms with van der Waals surface area (Å²) in [7, 11) is -3.58. The molecule has 0 spiro atoms. The van der Waals surface area contributed by atoms with Crippen LogP contribution >= 0.6 is 0 Å². The number of rotatable bonds is 6. The second kappa shape index (κ2) is 5.95. The molecule has 0 saturated heterocycles. The molecular formula is C10H18N4O2S. The summed E-state index contributed by atoms with van der Waals surface area (Å²) in [5, 5.41) is 0. The van der Waals surface area contributed by atoms with Crippen LogP contribution in [0.1, 0.15) is 26.7 Å². The Balaban J connectivity index is 2.97. The van der Waals surface area contributed by atoms with Gasteiger partial charge in [0.15, 0.2) is 5.82 Å². The van der Waals surface area contributed by atoms with E-state index in [0.29, 0.717) is 0 Å². The second-order valence-corrected chi connectivity index (χ2v) is 5.49. The average Bonchev–Trinajstić information content (AvgIpc) is 2.28. The number of sulfonamides is 1. The van der Waals surface area contributed by atoms with Gasteiger partial charge in [0.05, 0.1) is 0 Å². The van der Waals surface area contributed by atoms with Gasteiger partial charge in [-0.2, -0.15) is 0 Å². The van der Waals surface area contributed by atoms with Crippen molar-refractivity contribution in [3.8, 4) is 0 Å². The number of nitrogens with two attached hydrogens (primary N) is 1. The van der Waals surface area contributed by atoms with Crippen LogP contribution in [0.5, 0.6) is 0 Å². The van der Waals surface area contributed by atoms with Gasteiger partial charge in [-0.15, -0.1) is 0 Å². The third-order valence-corrected chi connectivity index (χ3v) is 3.90. The number of hydrogen-bond donors (Lipinski definition) is 3. The van der Waals surface area contributed by atoms with Crippen molar-refractivity contribution in [1.29, 1.82) is 0 Å². The SMILES string of the molecule is CCCC(C)NS(=O)(=O)c1cccnc1NN. The normalized spacial score (nSPS) is 13.4. The Morgan fingerprint density at radius 1 is 1.53 bits per heavy atom. The van der Waals surface area contributed by atoms with E-state index in [1.54, 1.807) is 6.07 Å². The number of nitrogens with zero attached hydrogens (tertiary/aromatic N) is 1. The Kier molecular flexibility index (Phi) is 4.86. The molecule has 0 aliphatic rings. The molecule has 7 heteroatoms. The Hall–Kier alpha value is -1.18. The molecule has 0 aliphatic carbocycles. The number of nitrogen functional groups attached to an aromatic ring is 1. The van der Waals surface area contributed by atoms with Crippen LogP contribution in [0.15, 0.2) is 23.2 Å². The first-order chi connectivity index (χ1) is 8.01. The molecule has 17 heavy (non-hydrogen) atoms. The van der Waals surface area contributed by atoms with Crippen molar-refractivity contribution in [2.45, 2.75) is 37.6 Å². The lowest BCUT2D eigenvalue weighted by Gasteiger charge is -2.14. The summed E-state index contributed by atoms with van der Waals surface area (Å²) in [5.74, 6) is 5.37. The van der Waals surface area contributed by atoms with Gasteiger partial charge in [-0.25, -0.2) is 24.0 Å². The van der Waals surface area contributed by atoms with Gasteiger partial charge >= 0.3 is 0 Å². The number of nitrogens with one attached hydrogen (secondary N) is 2. The fraction of sp³-hybridized carbons (Fsp3) is 0.500. The summed E-state index contributed by atoms with van der Waals surface area (Å²) in [6.07, 6.45) is 3.17. The molecule has 1 atom stereocenters. The average molecular weight is 258 g/mol. The lowest BCUT2D eigenvalue weighted by molar-refractivity contribution is 0.544. The minimum atomic E-state index is -3.58. The molecule has 4 N–H and O–H groups in total. The van der Waals surface area contributed by atoms with Crippen molar-refractivity contribution in [1.82, 2.24) is 9.71 Å².